The van der Waals surface area contributed by atoms with Crippen LogP contribution in [0.5, 0.6) is 0 Å². The van der Waals surface area contributed by atoms with E-state index in [4.69, 9.17) is 4.42 Å². The lowest BCUT2D eigenvalue weighted by molar-refractivity contribution is -0.384. The molecule has 0 radical (unpaired) electrons. The summed E-state index contributed by atoms with van der Waals surface area (Å²) in [6.45, 7) is 0.856. The molecule has 1 N–H and O–H groups in total. The molecule has 1 aromatic carbocycles. The largest absolute Gasteiger partial charge is 0.424 e. The van der Waals surface area contributed by atoms with Crippen LogP contribution in [0.15, 0.2) is 22.6 Å². The Balaban J connectivity index is 1.75. The first kappa shape index (κ1) is 12.0. The van der Waals surface area contributed by atoms with Gasteiger partial charge in [-0.3, -0.25) is 10.1 Å². The van der Waals surface area contributed by atoms with E-state index in [0.717, 1.165) is 6.54 Å². The van der Waals surface area contributed by atoms with Crippen molar-refractivity contribution < 1.29 is 9.34 Å². The van der Waals surface area contributed by atoms with Gasteiger partial charge < -0.3 is 9.73 Å². The molecule has 1 aromatic heterocycles. The second-order valence-corrected chi connectivity index (χ2v) is 4.96. The molecule has 100 valence electrons. The lowest BCUT2D eigenvalue weighted by atomic mass is 10.1. The van der Waals surface area contributed by atoms with Crippen LogP contribution in [-0.4, -0.2) is 16.5 Å². The summed E-state index contributed by atoms with van der Waals surface area (Å²) in [6, 6.07) is 4.89. The van der Waals surface area contributed by atoms with Crippen molar-refractivity contribution in [3.8, 4) is 0 Å². The molecule has 1 fully saturated rings. The highest BCUT2D eigenvalue weighted by atomic mass is 16.6. The molecule has 1 saturated carbocycles. The van der Waals surface area contributed by atoms with Gasteiger partial charge in [-0.25, -0.2) is 0 Å². The maximum Gasteiger partial charge on any atom is 0.295 e. The summed E-state index contributed by atoms with van der Waals surface area (Å²) in [6.07, 6.45) is 5.09. The van der Waals surface area contributed by atoms with Crippen LogP contribution in [0.25, 0.3) is 11.1 Å². The Morgan fingerprint density at radius 1 is 1.42 bits per heavy atom. The molecule has 1 aliphatic rings. The zero-order chi connectivity index (χ0) is 13.2. The molecule has 0 atom stereocenters. The van der Waals surface area contributed by atoms with Gasteiger partial charge in [0.05, 0.1) is 4.92 Å². The highest BCUT2D eigenvalue weighted by molar-refractivity contribution is 5.77. The molecule has 1 aliphatic carbocycles. The summed E-state index contributed by atoms with van der Waals surface area (Å²) < 4.78 is 5.52. The minimum atomic E-state index is -0.431. The molecule has 0 bridgehead atoms. The number of anilines is 1. The molecule has 19 heavy (non-hydrogen) atoms. The highest BCUT2D eigenvalue weighted by Crippen LogP contribution is 2.26. The smallest absolute Gasteiger partial charge is 0.295 e. The fourth-order valence-corrected chi connectivity index (χ4v) is 2.55. The number of nitro groups is 1. The van der Waals surface area contributed by atoms with Crippen LogP contribution >= 0.6 is 0 Å². The molecule has 0 saturated heterocycles. The van der Waals surface area contributed by atoms with E-state index in [1.165, 1.54) is 37.8 Å². The predicted molar refractivity (Wildman–Crippen MR) is 71.1 cm³/mol. The number of nitrogens with one attached hydrogen (secondary N) is 1. The van der Waals surface area contributed by atoms with E-state index in [2.05, 4.69) is 10.3 Å². The van der Waals surface area contributed by atoms with E-state index < -0.39 is 4.92 Å². The Morgan fingerprint density at radius 3 is 2.95 bits per heavy atom. The third kappa shape index (κ3) is 2.52. The van der Waals surface area contributed by atoms with Crippen LogP contribution in [0.2, 0.25) is 0 Å². The lowest BCUT2D eigenvalue weighted by Gasteiger charge is -2.07. The van der Waals surface area contributed by atoms with Crippen LogP contribution in [0.1, 0.15) is 25.7 Å². The van der Waals surface area contributed by atoms with Gasteiger partial charge in [-0.1, -0.05) is 12.8 Å². The Bertz CT molecular complexity index is 602. The molecule has 0 aliphatic heterocycles. The number of hydrogen-bond acceptors (Lipinski definition) is 5. The molecule has 0 spiro atoms. The number of nitro benzene ring substituents is 1. The molecule has 6 nitrogen and oxygen atoms in total. The Labute approximate surface area is 110 Å². The van der Waals surface area contributed by atoms with Gasteiger partial charge in [0.2, 0.25) is 0 Å². The van der Waals surface area contributed by atoms with Crippen LogP contribution in [0.3, 0.4) is 0 Å². The van der Waals surface area contributed by atoms with E-state index in [1.807, 2.05) is 0 Å². The molecule has 3 rings (SSSR count). The first-order valence-electron chi connectivity index (χ1n) is 6.51. The van der Waals surface area contributed by atoms with Crippen molar-refractivity contribution in [1.82, 2.24) is 4.98 Å². The topological polar surface area (TPSA) is 81.2 Å². The van der Waals surface area contributed by atoms with E-state index in [0.29, 0.717) is 23.0 Å². The fraction of sp³-hybridized carbons (Fsp3) is 0.462. The summed E-state index contributed by atoms with van der Waals surface area (Å²) in [7, 11) is 0. The van der Waals surface area contributed by atoms with Crippen LogP contribution in [0.4, 0.5) is 11.7 Å². The van der Waals surface area contributed by atoms with Crippen molar-refractivity contribution >= 4 is 22.8 Å². The standard InChI is InChI=1S/C13H15N3O3/c17-16(18)10-5-6-12-11(7-10)15-13(19-12)14-8-9-3-1-2-4-9/h5-7,9H,1-4,8H2,(H,14,15). The van der Waals surface area contributed by atoms with Gasteiger partial charge in [-0.15, -0.1) is 0 Å². The number of benzene rings is 1. The van der Waals surface area contributed by atoms with Crippen molar-refractivity contribution in [2.45, 2.75) is 25.7 Å². The van der Waals surface area contributed by atoms with Crippen LogP contribution < -0.4 is 5.32 Å². The average Bonchev–Trinajstić information content (AvgIpc) is 3.04. The van der Waals surface area contributed by atoms with Gasteiger partial charge in [0, 0.05) is 18.7 Å². The molecule has 0 amide bonds. The zero-order valence-electron chi connectivity index (χ0n) is 10.5. The summed E-state index contributed by atoms with van der Waals surface area (Å²) in [4.78, 5) is 14.5. The van der Waals surface area contributed by atoms with Crippen molar-refractivity contribution in [3.05, 3.63) is 28.3 Å². The van der Waals surface area contributed by atoms with Gasteiger partial charge in [0.25, 0.3) is 11.7 Å². The maximum absolute atomic E-state index is 10.7. The molecule has 2 aromatic rings. The molecular weight excluding hydrogens is 246 g/mol. The van der Waals surface area contributed by atoms with E-state index in [1.54, 1.807) is 6.07 Å². The zero-order valence-corrected chi connectivity index (χ0v) is 10.5. The van der Waals surface area contributed by atoms with Crippen molar-refractivity contribution in [1.29, 1.82) is 0 Å². The Morgan fingerprint density at radius 2 is 2.21 bits per heavy atom. The molecular formula is C13H15N3O3. The van der Waals surface area contributed by atoms with Crippen molar-refractivity contribution in [2.24, 2.45) is 5.92 Å². The normalized spacial score (nSPS) is 16.0. The number of nitrogens with zero attached hydrogens (tertiary/aromatic N) is 2. The minimum absolute atomic E-state index is 0.0307. The van der Waals surface area contributed by atoms with Gasteiger partial charge in [0.15, 0.2) is 5.58 Å². The number of fused-ring (bicyclic) bond motifs is 1. The summed E-state index contributed by atoms with van der Waals surface area (Å²) in [5.41, 5.74) is 1.12. The summed E-state index contributed by atoms with van der Waals surface area (Å²) in [5, 5.41) is 13.9. The van der Waals surface area contributed by atoms with Gasteiger partial charge in [-0.2, -0.15) is 4.98 Å². The average molecular weight is 261 g/mol. The monoisotopic (exact) mass is 261 g/mol. The lowest BCUT2D eigenvalue weighted by Crippen LogP contribution is -2.10. The summed E-state index contributed by atoms with van der Waals surface area (Å²) in [5.74, 6) is 0.685. The summed E-state index contributed by atoms with van der Waals surface area (Å²) >= 11 is 0. The SMILES string of the molecule is O=[N+]([O-])c1ccc2oc(NCC3CCCC3)nc2c1. The van der Waals surface area contributed by atoms with Crippen molar-refractivity contribution in [2.75, 3.05) is 11.9 Å². The molecule has 1 heterocycles. The molecule has 6 heteroatoms. The van der Waals surface area contributed by atoms with E-state index in [-0.39, 0.29) is 5.69 Å². The molecule has 0 unspecified atom stereocenters. The first-order valence-corrected chi connectivity index (χ1v) is 6.51. The number of rotatable bonds is 4. The second-order valence-electron chi connectivity index (χ2n) is 4.96. The number of oxazole rings is 1. The third-order valence-corrected chi connectivity index (χ3v) is 3.60. The fourth-order valence-electron chi connectivity index (χ4n) is 2.55. The minimum Gasteiger partial charge on any atom is -0.424 e. The predicted octanol–water partition coefficient (Wildman–Crippen LogP) is 3.34. The number of aromatic nitrogens is 1. The maximum atomic E-state index is 10.7. The van der Waals surface area contributed by atoms with Gasteiger partial charge in [-0.05, 0) is 24.8 Å². The highest BCUT2D eigenvalue weighted by Gasteiger charge is 2.16. The van der Waals surface area contributed by atoms with Crippen LogP contribution in [0, 0.1) is 16.0 Å². The van der Waals surface area contributed by atoms with E-state index in [9.17, 15) is 10.1 Å². The van der Waals surface area contributed by atoms with E-state index >= 15 is 0 Å². The van der Waals surface area contributed by atoms with Gasteiger partial charge in [0.1, 0.15) is 5.52 Å². The quantitative estimate of drug-likeness (QED) is 0.674. The van der Waals surface area contributed by atoms with Crippen LogP contribution in [-0.2, 0) is 0 Å². The van der Waals surface area contributed by atoms with Gasteiger partial charge >= 0.3 is 0 Å². The number of non-ortho nitro benzene ring substituents is 1. The first-order chi connectivity index (χ1) is 9.22. The van der Waals surface area contributed by atoms with Crippen molar-refractivity contribution in [3.63, 3.8) is 0 Å². The Kier molecular flexibility index (Phi) is 3.06. The number of hydrogen-bond donors (Lipinski definition) is 1. The second kappa shape index (κ2) is 4.87. The Hall–Kier alpha value is -2.11. The third-order valence-electron chi connectivity index (χ3n) is 3.60.